The quantitative estimate of drug-likeness (QED) is 0.853. The van der Waals surface area contributed by atoms with E-state index in [1.165, 1.54) is 6.92 Å². The number of carbonyl (C=O) groups excluding carboxylic acids is 2. The van der Waals surface area contributed by atoms with Crippen LogP contribution in [-0.4, -0.2) is 11.7 Å². The molecule has 0 bridgehead atoms. The number of amides is 1. The molecule has 1 amide bonds. The Morgan fingerprint density at radius 3 is 2.16 bits per heavy atom. The lowest BCUT2D eigenvalue weighted by Gasteiger charge is -2.19. The van der Waals surface area contributed by atoms with E-state index in [2.05, 4.69) is 5.32 Å². The maximum atomic E-state index is 13.7. The second-order valence-corrected chi connectivity index (χ2v) is 4.75. The van der Waals surface area contributed by atoms with Crippen LogP contribution in [0.25, 0.3) is 0 Å². The summed E-state index contributed by atoms with van der Waals surface area (Å²) < 4.78 is 40.2. The van der Waals surface area contributed by atoms with Crippen LogP contribution in [0.1, 0.15) is 31.7 Å². The van der Waals surface area contributed by atoms with E-state index in [9.17, 15) is 22.8 Å². The van der Waals surface area contributed by atoms with Gasteiger partial charge >= 0.3 is 0 Å². The Balaban J connectivity index is 2.26. The normalized spacial score (nSPS) is 16.0. The summed E-state index contributed by atoms with van der Waals surface area (Å²) in [6.45, 7) is 1.25. The molecule has 0 saturated heterocycles. The molecule has 1 aromatic carbocycles. The minimum atomic E-state index is -1.14. The number of benzene rings is 1. The summed E-state index contributed by atoms with van der Waals surface area (Å²) in [5.41, 5.74) is -1.49. The highest BCUT2D eigenvalue weighted by Gasteiger charge is 2.49. The van der Waals surface area contributed by atoms with Crippen LogP contribution in [-0.2, 0) is 15.1 Å². The van der Waals surface area contributed by atoms with Crippen molar-refractivity contribution in [1.29, 1.82) is 0 Å². The molecular formula is C13H12F3NO2. The summed E-state index contributed by atoms with van der Waals surface area (Å²) in [5, 5.41) is 2.45. The molecule has 102 valence electrons. The van der Waals surface area contributed by atoms with E-state index in [0.29, 0.717) is 25.0 Å². The van der Waals surface area contributed by atoms with Gasteiger partial charge in [-0.25, -0.2) is 13.2 Å². The molecular weight excluding hydrogens is 259 g/mol. The molecule has 1 aromatic rings. The molecule has 0 atom stereocenters. The molecule has 0 unspecified atom stereocenters. The van der Waals surface area contributed by atoms with Crippen LogP contribution in [0, 0.1) is 17.5 Å². The molecule has 1 saturated carbocycles. The Morgan fingerprint density at radius 2 is 1.74 bits per heavy atom. The predicted molar refractivity (Wildman–Crippen MR) is 60.7 cm³/mol. The lowest BCUT2D eigenvalue weighted by molar-refractivity contribution is -0.127. The molecule has 0 aromatic heterocycles. The largest absolute Gasteiger partial charge is 0.346 e. The van der Waals surface area contributed by atoms with Crippen LogP contribution in [0.3, 0.4) is 0 Å². The Morgan fingerprint density at radius 1 is 1.21 bits per heavy atom. The van der Waals surface area contributed by atoms with Crippen LogP contribution in [0.4, 0.5) is 13.2 Å². The molecule has 1 aliphatic rings. The highest BCUT2D eigenvalue weighted by Crippen LogP contribution is 2.47. The van der Waals surface area contributed by atoms with Crippen molar-refractivity contribution >= 4 is 11.7 Å². The van der Waals surface area contributed by atoms with Gasteiger partial charge in [0, 0.05) is 17.7 Å². The first kappa shape index (κ1) is 13.6. The van der Waals surface area contributed by atoms with Gasteiger partial charge in [0.2, 0.25) is 5.91 Å². The van der Waals surface area contributed by atoms with Crippen molar-refractivity contribution in [3.05, 3.63) is 35.1 Å². The van der Waals surface area contributed by atoms with Gasteiger partial charge in [-0.3, -0.25) is 9.59 Å². The van der Waals surface area contributed by atoms with Crippen LogP contribution < -0.4 is 5.32 Å². The fraction of sp³-hybridized carbons (Fsp3) is 0.385. The van der Waals surface area contributed by atoms with Gasteiger partial charge in [-0.05, 0) is 19.8 Å². The second kappa shape index (κ2) is 4.68. The highest BCUT2D eigenvalue weighted by molar-refractivity contribution is 5.97. The third-order valence-electron chi connectivity index (χ3n) is 3.02. The standard InChI is InChI=1S/C13H12F3NO2/c1-7(18)4-11(19)17-13(2-3-13)12-9(15)5-8(14)6-10(12)16/h5-6H,2-4H2,1H3,(H,17,19). The summed E-state index contributed by atoms with van der Waals surface area (Å²) >= 11 is 0. The van der Waals surface area contributed by atoms with E-state index in [1.807, 2.05) is 0 Å². The number of halogens is 3. The average molecular weight is 271 g/mol. The summed E-state index contributed by atoms with van der Waals surface area (Å²) in [5.74, 6) is -4.00. The number of hydrogen-bond acceptors (Lipinski definition) is 2. The third kappa shape index (κ3) is 2.77. The number of nitrogens with one attached hydrogen (secondary N) is 1. The maximum absolute atomic E-state index is 13.7. The van der Waals surface area contributed by atoms with E-state index >= 15 is 0 Å². The van der Waals surface area contributed by atoms with Crippen LogP contribution in [0.5, 0.6) is 0 Å². The van der Waals surface area contributed by atoms with Gasteiger partial charge in [0.05, 0.1) is 12.0 Å². The molecule has 1 aliphatic carbocycles. The number of hydrogen-bond donors (Lipinski definition) is 1. The minimum Gasteiger partial charge on any atom is -0.346 e. The van der Waals surface area contributed by atoms with Gasteiger partial charge in [0.1, 0.15) is 23.2 Å². The van der Waals surface area contributed by atoms with Gasteiger partial charge in [0.15, 0.2) is 0 Å². The van der Waals surface area contributed by atoms with Gasteiger partial charge < -0.3 is 5.32 Å². The molecule has 2 rings (SSSR count). The van der Waals surface area contributed by atoms with E-state index in [-0.39, 0.29) is 17.8 Å². The molecule has 0 aliphatic heterocycles. The molecule has 0 radical (unpaired) electrons. The van der Waals surface area contributed by atoms with Crippen molar-refractivity contribution < 1.29 is 22.8 Å². The Labute approximate surface area is 107 Å². The molecule has 3 nitrogen and oxygen atoms in total. The van der Waals surface area contributed by atoms with Crippen LogP contribution in [0.2, 0.25) is 0 Å². The summed E-state index contributed by atoms with van der Waals surface area (Å²) in [6, 6.07) is 1.16. The van der Waals surface area contributed by atoms with Crippen molar-refractivity contribution in [2.24, 2.45) is 0 Å². The summed E-state index contributed by atoms with van der Waals surface area (Å²) in [4.78, 5) is 22.3. The third-order valence-corrected chi connectivity index (χ3v) is 3.02. The van der Waals surface area contributed by atoms with Crippen molar-refractivity contribution in [3.8, 4) is 0 Å². The van der Waals surface area contributed by atoms with Gasteiger partial charge in [-0.15, -0.1) is 0 Å². The van der Waals surface area contributed by atoms with E-state index < -0.39 is 28.9 Å². The molecule has 1 fully saturated rings. The lowest BCUT2D eigenvalue weighted by atomic mass is 10.0. The first-order chi connectivity index (χ1) is 8.84. The smallest absolute Gasteiger partial charge is 0.228 e. The first-order valence-corrected chi connectivity index (χ1v) is 5.79. The average Bonchev–Trinajstić information content (AvgIpc) is 2.94. The Hall–Kier alpha value is -1.85. The van der Waals surface area contributed by atoms with Crippen LogP contribution >= 0.6 is 0 Å². The van der Waals surface area contributed by atoms with Crippen molar-refractivity contribution in [1.82, 2.24) is 5.32 Å². The Kier molecular flexibility index (Phi) is 3.34. The second-order valence-electron chi connectivity index (χ2n) is 4.75. The number of rotatable bonds is 4. The van der Waals surface area contributed by atoms with E-state index in [0.717, 1.165) is 0 Å². The van der Waals surface area contributed by atoms with Crippen molar-refractivity contribution in [2.45, 2.75) is 31.7 Å². The zero-order valence-corrected chi connectivity index (χ0v) is 10.2. The lowest BCUT2D eigenvalue weighted by Crippen LogP contribution is -2.37. The zero-order valence-electron chi connectivity index (χ0n) is 10.2. The molecule has 0 spiro atoms. The number of ketones is 1. The maximum Gasteiger partial charge on any atom is 0.228 e. The SMILES string of the molecule is CC(=O)CC(=O)NC1(c2c(F)cc(F)cc2F)CC1. The topological polar surface area (TPSA) is 46.2 Å². The molecule has 1 N–H and O–H groups in total. The summed E-state index contributed by atoms with van der Waals surface area (Å²) in [7, 11) is 0. The number of Topliss-reactive ketones (excluding diaryl/α,β-unsaturated/α-hetero) is 1. The van der Waals surface area contributed by atoms with Gasteiger partial charge in [0.25, 0.3) is 0 Å². The van der Waals surface area contributed by atoms with Gasteiger partial charge in [-0.1, -0.05) is 0 Å². The highest BCUT2D eigenvalue weighted by atomic mass is 19.1. The van der Waals surface area contributed by atoms with Crippen molar-refractivity contribution in [3.63, 3.8) is 0 Å². The fourth-order valence-electron chi connectivity index (χ4n) is 2.10. The first-order valence-electron chi connectivity index (χ1n) is 5.79. The fourth-order valence-corrected chi connectivity index (χ4v) is 2.10. The minimum absolute atomic E-state index is 0.339. The van der Waals surface area contributed by atoms with E-state index in [4.69, 9.17) is 0 Å². The summed E-state index contributed by atoms with van der Waals surface area (Å²) in [6.07, 6.45) is 0.373. The van der Waals surface area contributed by atoms with Crippen LogP contribution in [0.15, 0.2) is 12.1 Å². The molecule has 6 heteroatoms. The van der Waals surface area contributed by atoms with E-state index in [1.54, 1.807) is 0 Å². The molecule has 0 heterocycles. The zero-order chi connectivity index (χ0) is 14.2. The number of carbonyl (C=O) groups is 2. The molecule has 19 heavy (non-hydrogen) atoms. The Bertz CT molecular complexity index is 530. The monoisotopic (exact) mass is 271 g/mol. The van der Waals surface area contributed by atoms with Gasteiger partial charge in [-0.2, -0.15) is 0 Å². The predicted octanol–water partition coefficient (Wildman–Crippen LogP) is 2.19. The van der Waals surface area contributed by atoms with Crippen molar-refractivity contribution in [2.75, 3.05) is 0 Å².